The van der Waals surface area contributed by atoms with Crippen LogP contribution in [-0.2, 0) is 11.4 Å². The molecule has 1 aromatic heterocycles. The monoisotopic (exact) mass is 320 g/mol. The summed E-state index contributed by atoms with van der Waals surface area (Å²) in [4.78, 5) is 8.72. The molecule has 5 heteroatoms. The van der Waals surface area contributed by atoms with Crippen LogP contribution in [0.1, 0.15) is 17.2 Å². The Kier molecular flexibility index (Phi) is 3.98. The number of nitrogens with one attached hydrogen (secondary N) is 1. The van der Waals surface area contributed by atoms with E-state index in [9.17, 15) is 0 Å². The van der Waals surface area contributed by atoms with Gasteiger partial charge in [0.05, 0.1) is 0 Å². The molecule has 1 aliphatic rings. The quantitative estimate of drug-likeness (QED) is 0.593. The van der Waals surface area contributed by atoms with Crippen LogP contribution < -0.4 is 9.30 Å². The normalized spacial score (nSPS) is 18.0. The highest BCUT2D eigenvalue weighted by molar-refractivity contribution is 6.05. The van der Waals surface area contributed by atoms with Crippen molar-refractivity contribution in [3.8, 4) is 5.75 Å². The summed E-state index contributed by atoms with van der Waals surface area (Å²) in [5.41, 5.74) is 2.93. The third kappa shape index (κ3) is 2.88. The molecule has 120 valence electrons. The molecule has 0 saturated heterocycles. The summed E-state index contributed by atoms with van der Waals surface area (Å²) < 4.78 is 7.93. The van der Waals surface area contributed by atoms with Crippen molar-refractivity contribution in [3.63, 3.8) is 0 Å². The van der Waals surface area contributed by atoms with Gasteiger partial charge >= 0.3 is 0 Å². The standard InChI is InChI=1S/C19H17N3O2/c1-2-6-15(7-3-1)12-24-21-19-16-8-4-5-9-18(16)23-13-17(19)22-11-10-20-14-22/h1-11,14,17H,12-13H2/p+1/b21-19-. The van der Waals surface area contributed by atoms with Gasteiger partial charge in [0.15, 0.2) is 6.04 Å². The molecule has 2 heterocycles. The Labute approximate surface area is 140 Å². The minimum Gasteiger partial charge on any atom is -0.488 e. The molecule has 1 unspecified atom stereocenters. The zero-order valence-corrected chi connectivity index (χ0v) is 13.1. The SMILES string of the molecule is c1ccc(CO/N=C2/c3ccccc3OCC2[n+]2cc[nH]c2)cc1. The Bertz CT molecular complexity index is 829. The smallest absolute Gasteiger partial charge is 0.242 e. The summed E-state index contributed by atoms with van der Waals surface area (Å²) >= 11 is 0. The lowest BCUT2D eigenvalue weighted by molar-refractivity contribution is -0.706. The second-order valence-corrected chi connectivity index (χ2v) is 5.62. The third-order valence-corrected chi connectivity index (χ3v) is 4.04. The van der Waals surface area contributed by atoms with E-state index in [0.717, 1.165) is 22.6 Å². The lowest BCUT2D eigenvalue weighted by Gasteiger charge is -2.24. The Hall–Kier alpha value is -3.08. The first-order valence-electron chi connectivity index (χ1n) is 7.91. The van der Waals surface area contributed by atoms with Gasteiger partial charge in [0, 0.05) is 5.56 Å². The number of aromatic amines is 1. The van der Waals surface area contributed by atoms with Gasteiger partial charge in [-0.05, 0) is 17.7 Å². The molecule has 0 spiro atoms. The summed E-state index contributed by atoms with van der Waals surface area (Å²) in [7, 11) is 0. The fraction of sp³-hybridized carbons (Fsp3) is 0.158. The molecule has 0 amide bonds. The Morgan fingerprint density at radius 1 is 1.12 bits per heavy atom. The maximum Gasteiger partial charge on any atom is 0.242 e. The number of rotatable bonds is 4. The number of para-hydroxylation sites is 1. The van der Waals surface area contributed by atoms with E-state index in [0.29, 0.717) is 13.2 Å². The first-order valence-corrected chi connectivity index (χ1v) is 7.91. The molecule has 2 aromatic carbocycles. The third-order valence-electron chi connectivity index (χ3n) is 4.04. The molecule has 0 fully saturated rings. The largest absolute Gasteiger partial charge is 0.488 e. The molecule has 24 heavy (non-hydrogen) atoms. The van der Waals surface area contributed by atoms with Crippen molar-refractivity contribution >= 4 is 5.71 Å². The van der Waals surface area contributed by atoms with E-state index < -0.39 is 0 Å². The minimum absolute atomic E-state index is 0.0260. The predicted molar refractivity (Wildman–Crippen MR) is 89.7 cm³/mol. The average Bonchev–Trinajstić information content (AvgIpc) is 3.17. The molecular weight excluding hydrogens is 302 g/mol. The number of hydrogen-bond acceptors (Lipinski definition) is 3. The summed E-state index contributed by atoms with van der Waals surface area (Å²) in [6.07, 6.45) is 5.74. The summed E-state index contributed by atoms with van der Waals surface area (Å²) in [5, 5.41) is 4.46. The van der Waals surface area contributed by atoms with Crippen molar-refractivity contribution < 1.29 is 14.1 Å². The summed E-state index contributed by atoms with van der Waals surface area (Å²) in [5.74, 6) is 0.840. The zero-order valence-electron chi connectivity index (χ0n) is 13.1. The lowest BCUT2D eigenvalue weighted by atomic mass is 10.00. The zero-order chi connectivity index (χ0) is 16.2. The first kappa shape index (κ1) is 14.5. The van der Waals surface area contributed by atoms with E-state index in [1.165, 1.54) is 0 Å². The van der Waals surface area contributed by atoms with Crippen molar-refractivity contribution in [2.45, 2.75) is 12.6 Å². The van der Waals surface area contributed by atoms with Crippen LogP contribution in [0, 0.1) is 0 Å². The number of ether oxygens (including phenoxy) is 1. The fourth-order valence-electron chi connectivity index (χ4n) is 2.81. The van der Waals surface area contributed by atoms with E-state index in [1.807, 2.05) is 77.9 Å². The van der Waals surface area contributed by atoms with E-state index in [-0.39, 0.29) is 6.04 Å². The van der Waals surface area contributed by atoms with Crippen molar-refractivity contribution in [1.82, 2.24) is 4.98 Å². The number of nitrogens with zero attached hydrogens (tertiary/aromatic N) is 2. The van der Waals surface area contributed by atoms with E-state index in [1.54, 1.807) is 0 Å². The second kappa shape index (κ2) is 6.58. The van der Waals surface area contributed by atoms with E-state index in [2.05, 4.69) is 10.1 Å². The number of imidazole rings is 1. The van der Waals surface area contributed by atoms with Gasteiger partial charge in [-0.2, -0.15) is 0 Å². The maximum atomic E-state index is 5.88. The number of aromatic nitrogens is 2. The van der Waals surface area contributed by atoms with Gasteiger partial charge in [0.2, 0.25) is 6.33 Å². The van der Waals surface area contributed by atoms with Gasteiger partial charge in [0.25, 0.3) is 0 Å². The van der Waals surface area contributed by atoms with Gasteiger partial charge in [-0.3, -0.25) is 4.98 Å². The highest BCUT2D eigenvalue weighted by Crippen LogP contribution is 2.28. The summed E-state index contributed by atoms with van der Waals surface area (Å²) in [6, 6.07) is 17.9. The minimum atomic E-state index is -0.0260. The van der Waals surface area contributed by atoms with Crippen molar-refractivity contribution in [2.75, 3.05) is 6.61 Å². The number of fused-ring (bicyclic) bond motifs is 1. The van der Waals surface area contributed by atoms with E-state index in [4.69, 9.17) is 9.57 Å². The van der Waals surface area contributed by atoms with Crippen LogP contribution >= 0.6 is 0 Å². The molecule has 1 aliphatic heterocycles. The fourth-order valence-corrected chi connectivity index (χ4v) is 2.81. The van der Waals surface area contributed by atoms with Crippen LogP contribution in [-0.4, -0.2) is 17.3 Å². The van der Waals surface area contributed by atoms with E-state index >= 15 is 0 Å². The molecule has 3 aromatic rings. The molecule has 0 bridgehead atoms. The molecule has 0 radical (unpaired) electrons. The van der Waals surface area contributed by atoms with Gasteiger partial charge in [0.1, 0.15) is 37.1 Å². The lowest BCUT2D eigenvalue weighted by Crippen LogP contribution is -2.48. The van der Waals surface area contributed by atoms with Crippen molar-refractivity contribution in [1.29, 1.82) is 0 Å². The number of H-pyrrole nitrogens is 1. The number of oxime groups is 1. The molecule has 4 rings (SSSR count). The Morgan fingerprint density at radius 2 is 1.96 bits per heavy atom. The topological polar surface area (TPSA) is 50.5 Å². The molecule has 5 nitrogen and oxygen atoms in total. The van der Waals surface area contributed by atoms with Crippen LogP contribution in [0.25, 0.3) is 0 Å². The van der Waals surface area contributed by atoms with Crippen LogP contribution in [0.5, 0.6) is 5.75 Å². The average molecular weight is 320 g/mol. The number of benzene rings is 2. The van der Waals surface area contributed by atoms with Crippen molar-refractivity contribution in [3.05, 3.63) is 84.4 Å². The highest BCUT2D eigenvalue weighted by atomic mass is 16.6. The van der Waals surface area contributed by atoms with Crippen LogP contribution in [0.15, 0.2) is 78.5 Å². The Morgan fingerprint density at radius 3 is 2.79 bits per heavy atom. The summed E-state index contributed by atoms with van der Waals surface area (Å²) in [6.45, 7) is 0.963. The maximum absolute atomic E-state index is 5.88. The van der Waals surface area contributed by atoms with Crippen molar-refractivity contribution in [2.24, 2.45) is 5.16 Å². The predicted octanol–water partition coefficient (Wildman–Crippen LogP) is 2.86. The van der Waals surface area contributed by atoms with Gasteiger partial charge in [-0.25, -0.2) is 4.57 Å². The molecule has 0 saturated carbocycles. The second-order valence-electron chi connectivity index (χ2n) is 5.62. The molecular formula is C19H18N3O2+. The molecule has 0 aliphatic carbocycles. The highest BCUT2D eigenvalue weighted by Gasteiger charge is 2.32. The van der Waals surface area contributed by atoms with Crippen LogP contribution in [0.4, 0.5) is 0 Å². The van der Waals surface area contributed by atoms with Gasteiger partial charge in [-0.1, -0.05) is 47.6 Å². The van der Waals surface area contributed by atoms with Gasteiger partial charge < -0.3 is 9.57 Å². The first-order chi connectivity index (χ1) is 11.9. The molecule has 1 N–H and O–H groups in total. The molecule has 1 atom stereocenters. The Balaban J connectivity index is 1.63. The van der Waals surface area contributed by atoms with Crippen LogP contribution in [0.2, 0.25) is 0 Å². The number of hydrogen-bond donors (Lipinski definition) is 1. The van der Waals surface area contributed by atoms with Crippen LogP contribution in [0.3, 0.4) is 0 Å². The van der Waals surface area contributed by atoms with Gasteiger partial charge in [-0.15, -0.1) is 0 Å².